The highest BCUT2D eigenvalue weighted by atomic mass is 16.5. The monoisotopic (exact) mass is 335 g/mol. The van der Waals surface area contributed by atoms with E-state index in [2.05, 4.69) is 12.6 Å². The molecule has 0 fully saturated rings. The third kappa shape index (κ3) is 5.82. The summed E-state index contributed by atoms with van der Waals surface area (Å²) in [6, 6.07) is 17.4. The number of hydrogen-bond acceptors (Lipinski definition) is 4. The lowest BCUT2D eigenvalue weighted by molar-refractivity contribution is -0.139. The second-order valence-corrected chi connectivity index (χ2v) is 5.69. The molecule has 0 atom stereocenters. The number of esters is 1. The van der Waals surface area contributed by atoms with Crippen LogP contribution in [0.25, 0.3) is 11.1 Å². The van der Waals surface area contributed by atoms with E-state index in [1.54, 1.807) is 19.1 Å². The normalized spacial score (nSPS) is 9.92. The largest absolute Gasteiger partial charge is 0.494 e. The van der Waals surface area contributed by atoms with E-state index in [0.29, 0.717) is 24.4 Å². The van der Waals surface area contributed by atoms with Gasteiger partial charge in [0.05, 0.1) is 24.8 Å². The van der Waals surface area contributed by atoms with Gasteiger partial charge in [0.2, 0.25) is 0 Å². The minimum atomic E-state index is -0.348. The molecule has 4 nitrogen and oxygen atoms in total. The first-order valence-corrected chi connectivity index (χ1v) is 8.16. The summed E-state index contributed by atoms with van der Waals surface area (Å²) in [7, 11) is 0. The smallest absolute Gasteiger partial charge is 0.333 e. The van der Waals surface area contributed by atoms with Crippen molar-refractivity contribution >= 4 is 5.97 Å². The Labute approximate surface area is 148 Å². The molecule has 25 heavy (non-hydrogen) atoms. The van der Waals surface area contributed by atoms with E-state index in [9.17, 15) is 4.79 Å². The van der Waals surface area contributed by atoms with Gasteiger partial charge < -0.3 is 9.47 Å². The van der Waals surface area contributed by atoms with Crippen LogP contribution in [0.4, 0.5) is 0 Å². The van der Waals surface area contributed by atoms with Crippen LogP contribution < -0.4 is 4.74 Å². The number of benzene rings is 2. The maximum absolute atomic E-state index is 11.2. The van der Waals surface area contributed by atoms with Crippen LogP contribution in [0.15, 0.2) is 60.7 Å². The lowest BCUT2D eigenvalue weighted by Crippen LogP contribution is -2.07. The second-order valence-electron chi connectivity index (χ2n) is 5.69. The summed E-state index contributed by atoms with van der Waals surface area (Å²) < 4.78 is 10.7. The SMILES string of the molecule is C=C(C)C(=O)OCCCCOc1ccc(-c2ccc(C#N)cc2)cc1. The Kier molecular flexibility index (Phi) is 6.79. The zero-order chi connectivity index (χ0) is 18.1. The molecule has 0 aliphatic rings. The summed E-state index contributed by atoms with van der Waals surface area (Å²) in [4.78, 5) is 11.2. The van der Waals surface area contributed by atoms with Crippen LogP contribution in [0.3, 0.4) is 0 Å². The molecule has 128 valence electrons. The Morgan fingerprint density at radius 1 is 1.00 bits per heavy atom. The van der Waals surface area contributed by atoms with E-state index in [0.717, 1.165) is 29.7 Å². The lowest BCUT2D eigenvalue weighted by Gasteiger charge is -2.08. The summed E-state index contributed by atoms with van der Waals surface area (Å²) in [6.45, 7) is 6.12. The van der Waals surface area contributed by atoms with Crippen molar-refractivity contribution in [2.24, 2.45) is 0 Å². The quantitative estimate of drug-likeness (QED) is 0.405. The summed E-state index contributed by atoms with van der Waals surface area (Å²) in [5.41, 5.74) is 3.20. The van der Waals surface area contributed by atoms with E-state index in [1.807, 2.05) is 36.4 Å². The summed E-state index contributed by atoms with van der Waals surface area (Å²) in [5, 5.41) is 8.83. The molecule has 2 aromatic carbocycles. The van der Waals surface area contributed by atoms with Gasteiger partial charge in [0.25, 0.3) is 0 Å². The standard InChI is InChI=1S/C21H21NO3/c1-16(2)21(23)25-14-4-3-13-24-20-11-9-19(10-12-20)18-7-5-17(15-22)6-8-18/h5-12H,1,3-4,13-14H2,2H3. The second kappa shape index (κ2) is 9.29. The molecule has 0 spiro atoms. The van der Waals surface area contributed by atoms with Crippen molar-refractivity contribution in [3.05, 3.63) is 66.2 Å². The summed E-state index contributed by atoms with van der Waals surface area (Å²) in [6.07, 6.45) is 1.56. The first kappa shape index (κ1) is 18.3. The number of nitriles is 1. The van der Waals surface area contributed by atoms with Gasteiger partial charge in [-0.05, 0) is 55.2 Å². The van der Waals surface area contributed by atoms with E-state index in [4.69, 9.17) is 14.7 Å². The van der Waals surface area contributed by atoms with Gasteiger partial charge in [0, 0.05) is 5.57 Å². The van der Waals surface area contributed by atoms with Crippen molar-refractivity contribution in [1.29, 1.82) is 5.26 Å². The Hall–Kier alpha value is -3.06. The number of unbranched alkanes of at least 4 members (excludes halogenated alkanes) is 1. The van der Waals surface area contributed by atoms with Gasteiger partial charge in [0.15, 0.2) is 0 Å². The van der Waals surface area contributed by atoms with Crippen LogP contribution in [0.1, 0.15) is 25.3 Å². The number of nitrogens with zero attached hydrogens (tertiary/aromatic N) is 1. The third-order valence-electron chi connectivity index (χ3n) is 3.59. The van der Waals surface area contributed by atoms with E-state index in [1.165, 1.54) is 0 Å². The number of carbonyl (C=O) groups is 1. The summed E-state index contributed by atoms with van der Waals surface area (Å²) >= 11 is 0. The van der Waals surface area contributed by atoms with Crippen molar-refractivity contribution in [2.75, 3.05) is 13.2 Å². The van der Waals surface area contributed by atoms with Crippen LogP contribution in [-0.4, -0.2) is 19.2 Å². The van der Waals surface area contributed by atoms with Crippen LogP contribution in [0.2, 0.25) is 0 Å². The predicted octanol–water partition coefficient (Wildman–Crippen LogP) is 4.50. The molecule has 0 saturated heterocycles. The molecule has 0 radical (unpaired) electrons. The van der Waals surface area contributed by atoms with Crippen molar-refractivity contribution in [1.82, 2.24) is 0 Å². The molecule has 0 saturated carbocycles. The minimum absolute atomic E-state index is 0.348. The Balaban J connectivity index is 1.74. The molecule has 2 rings (SSSR count). The Morgan fingerprint density at radius 2 is 1.56 bits per heavy atom. The maximum atomic E-state index is 11.2. The van der Waals surface area contributed by atoms with Crippen LogP contribution >= 0.6 is 0 Å². The number of carbonyl (C=O) groups excluding carboxylic acids is 1. The molecule has 0 aliphatic heterocycles. The van der Waals surface area contributed by atoms with Gasteiger partial charge in [-0.1, -0.05) is 30.8 Å². The molecular formula is C21H21NO3. The zero-order valence-electron chi connectivity index (χ0n) is 14.3. The molecule has 0 bridgehead atoms. The molecule has 0 aliphatic carbocycles. The van der Waals surface area contributed by atoms with Gasteiger partial charge in [-0.25, -0.2) is 4.79 Å². The van der Waals surface area contributed by atoms with Crippen molar-refractivity contribution in [3.63, 3.8) is 0 Å². The van der Waals surface area contributed by atoms with Gasteiger partial charge in [-0.15, -0.1) is 0 Å². The highest BCUT2D eigenvalue weighted by Gasteiger charge is 2.02. The topological polar surface area (TPSA) is 59.3 Å². The van der Waals surface area contributed by atoms with Gasteiger partial charge in [0.1, 0.15) is 5.75 Å². The fraction of sp³-hybridized carbons (Fsp3) is 0.238. The zero-order valence-corrected chi connectivity index (χ0v) is 14.3. The molecule has 2 aromatic rings. The maximum Gasteiger partial charge on any atom is 0.333 e. The minimum Gasteiger partial charge on any atom is -0.494 e. The van der Waals surface area contributed by atoms with Crippen molar-refractivity contribution in [2.45, 2.75) is 19.8 Å². The third-order valence-corrected chi connectivity index (χ3v) is 3.59. The molecule has 0 amide bonds. The summed E-state index contributed by atoms with van der Waals surface area (Å²) in [5.74, 6) is 0.454. The molecule has 0 N–H and O–H groups in total. The molecule has 0 unspecified atom stereocenters. The van der Waals surface area contributed by atoms with E-state index < -0.39 is 0 Å². The Morgan fingerprint density at radius 3 is 2.12 bits per heavy atom. The number of rotatable bonds is 8. The molecule has 0 heterocycles. The average Bonchev–Trinajstić information content (AvgIpc) is 2.65. The van der Waals surface area contributed by atoms with Crippen molar-refractivity contribution < 1.29 is 14.3 Å². The number of hydrogen-bond donors (Lipinski definition) is 0. The Bertz CT molecular complexity index is 755. The van der Waals surface area contributed by atoms with Crippen molar-refractivity contribution in [3.8, 4) is 22.9 Å². The van der Waals surface area contributed by atoms with Crippen LogP contribution in [0.5, 0.6) is 5.75 Å². The molecule has 4 heteroatoms. The molecule has 0 aromatic heterocycles. The van der Waals surface area contributed by atoms with Crippen LogP contribution in [0, 0.1) is 11.3 Å². The van der Waals surface area contributed by atoms with Gasteiger partial charge in [-0.2, -0.15) is 5.26 Å². The van der Waals surface area contributed by atoms with Gasteiger partial charge >= 0.3 is 5.97 Å². The molecular weight excluding hydrogens is 314 g/mol. The predicted molar refractivity (Wildman–Crippen MR) is 97.1 cm³/mol. The van der Waals surface area contributed by atoms with Crippen LogP contribution in [-0.2, 0) is 9.53 Å². The lowest BCUT2D eigenvalue weighted by atomic mass is 10.0. The first-order valence-electron chi connectivity index (χ1n) is 8.16. The average molecular weight is 335 g/mol. The highest BCUT2D eigenvalue weighted by molar-refractivity contribution is 5.86. The van der Waals surface area contributed by atoms with E-state index >= 15 is 0 Å². The van der Waals surface area contributed by atoms with E-state index in [-0.39, 0.29) is 5.97 Å². The fourth-order valence-electron chi connectivity index (χ4n) is 2.16. The van der Waals surface area contributed by atoms with Gasteiger partial charge in [-0.3, -0.25) is 0 Å². The fourth-order valence-corrected chi connectivity index (χ4v) is 2.16. The highest BCUT2D eigenvalue weighted by Crippen LogP contribution is 2.22. The number of ether oxygens (including phenoxy) is 2. The first-order chi connectivity index (χ1) is 12.1.